The molecule has 3 rings (SSSR count). The molecule has 0 radical (unpaired) electrons. The van der Waals surface area contributed by atoms with Crippen LogP contribution in [0.3, 0.4) is 0 Å². The molecule has 0 fully saturated rings. The lowest BCUT2D eigenvalue weighted by Crippen LogP contribution is -2.23. The maximum Gasteiger partial charge on any atom is 0.251 e. The molecule has 0 saturated heterocycles. The number of rotatable bonds is 9. The maximum absolute atomic E-state index is 12.5. The van der Waals surface area contributed by atoms with E-state index in [9.17, 15) is 4.79 Å². The van der Waals surface area contributed by atoms with Crippen molar-refractivity contribution in [1.82, 2.24) is 10.5 Å². The Morgan fingerprint density at radius 1 is 1.03 bits per heavy atom. The fourth-order valence-electron chi connectivity index (χ4n) is 2.97. The van der Waals surface area contributed by atoms with Crippen LogP contribution in [0.15, 0.2) is 53.1 Å². The lowest BCUT2D eigenvalue weighted by atomic mass is 10.1. The number of amides is 1. The smallest absolute Gasteiger partial charge is 0.251 e. The summed E-state index contributed by atoms with van der Waals surface area (Å²) in [5.74, 6) is 1.30. The third kappa shape index (κ3) is 5.70. The minimum Gasteiger partial charge on any atom is -0.489 e. The molecule has 0 aliphatic rings. The average Bonchev–Trinajstić information content (AvgIpc) is 3.07. The summed E-state index contributed by atoms with van der Waals surface area (Å²) in [6.45, 7) is 9.11. The molecule has 0 spiro atoms. The predicted molar refractivity (Wildman–Crippen MR) is 114 cm³/mol. The topological polar surface area (TPSA) is 73.6 Å². The molecule has 1 heterocycles. The fourth-order valence-corrected chi connectivity index (χ4v) is 2.97. The molecule has 1 amide bonds. The SMILES string of the molecule is Cc1noc(C)c1COc1ccc(C(=O)NCc2ccccc2COC(C)C)cc1. The number of hydrogen-bond donors (Lipinski definition) is 1. The van der Waals surface area contributed by atoms with E-state index in [2.05, 4.69) is 10.5 Å². The third-order valence-electron chi connectivity index (χ3n) is 4.81. The number of nitrogens with zero attached hydrogens (tertiary/aromatic N) is 1. The zero-order valence-corrected chi connectivity index (χ0v) is 17.9. The van der Waals surface area contributed by atoms with Crippen LogP contribution in [0.5, 0.6) is 5.75 Å². The van der Waals surface area contributed by atoms with Crippen LogP contribution in [0.2, 0.25) is 0 Å². The lowest BCUT2D eigenvalue weighted by Gasteiger charge is -2.13. The molecule has 0 unspecified atom stereocenters. The van der Waals surface area contributed by atoms with Crippen LogP contribution < -0.4 is 10.1 Å². The third-order valence-corrected chi connectivity index (χ3v) is 4.81. The highest BCUT2D eigenvalue weighted by molar-refractivity contribution is 5.94. The second-order valence-electron chi connectivity index (χ2n) is 7.43. The van der Waals surface area contributed by atoms with Crippen LogP contribution >= 0.6 is 0 Å². The van der Waals surface area contributed by atoms with Gasteiger partial charge in [-0.25, -0.2) is 0 Å². The summed E-state index contributed by atoms with van der Waals surface area (Å²) in [5.41, 5.74) is 4.47. The first-order chi connectivity index (χ1) is 14.4. The van der Waals surface area contributed by atoms with E-state index in [0.717, 1.165) is 28.1 Å². The van der Waals surface area contributed by atoms with Crippen molar-refractivity contribution in [2.75, 3.05) is 0 Å². The minimum atomic E-state index is -0.133. The maximum atomic E-state index is 12.5. The lowest BCUT2D eigenvalue weighted by molar-refractivity contribution is 0.0651. The molecule has 0 atom stereocenters. The van der Waals surface area contributed by atoms with Crippen LogP contribution in [-0.2, 0) is 24.5 Å². The summed E-state index contributed by atoms with van der Waals surface area (Å²) < 4.78 is 16.6. The Morgan fingerprint density at radius 3 is 2.37 bits per heavy atom. The van der Waals surface area contributed by atoms with Gasteiger partial charge in [0.2, 0.25) is 0 Å². The molecule has 1 N–H and O–H groups in total. The Morgan fingerprint density at radius 2 is 1.73 bits per heavy atom. The van der Waals surface area contributed by atoms with Gasteiger partial charge in [-0.3, -0.25) is 4.79 Å². The molecule has 3 aromatic rings. The van der Waals surface area contributed by atoms with Crippen LogP contribution in [0.4, 0.5) is 0 Å². The van der Waals surface area contributed by atoms with Crippen molar-refractivity contribution in [1.29, 1.82) is 0 Å². The largest absolute Gasteiger partial charge is 0.489 e. The van der Waals surface area contributed by atoms with Gasteiger partial charge in [0.25, 0.3) is 5.91 Å². The summed E-state index contributed by atoms with van der Waals surface area (Å²) in [6.07, 6.45) is 0.158. The van der Waals surface area contributed by atoms with E-state index in [4.69, 9.17) is 14.0 Å². The van der Waals surface area contributed by atoms with Crippen LogP contribution in [0.25, 0.3) is 0 Å². The van der Waals surface area contributed by atoms with Gasteiger partial charge in [0.1, 0.15) is 18.1 Å². The Balaban J connectivity index is 1.55. The van der Waals surface area contributed by atoms with Crippen LogP contribution in [-0.4, -0.2) is 17.2 Å². The zero-order valence-electron chi connectivity index (χ0n) is 17.9. The van der Waals surface area contributed by atoms with Crippen LogP contribution in [0.1, 0.15) is 52.3 Å². The highest BCUT2D eigenvalue weighted by Gasteiger charge is 2.11. The van der Waals surface area contributed by atoms with E-state index in [1.54, 1.807) is 24.3 Å². The highest BCUT2D eigenvalue weighted by Crippen LogP contribution is 2.18. The Labute approximate surface area is 177 Å². The summed E-state index contributed by atoms with van der Waals surface area (Å²) in [4.78, 5) is 12.5. The molecule has 6 nitrogen and oxygen atoms in total. The van der Waals surface area contributed by atoms with Gasteiger partial charge in [-0.05, 0) is 63.1 Å². The summed E-state index contributed by atoms with van der Waals surface area (Å²) in [5, 5.41) is 6.90. The Kier molecular flexibility index (Phi) is 7.25. The van der Waals surface area contributed by atoms with Crippen molar-refractivity contribution in [3.63, 3.8) is 0 Å². The first-order valence-corrected chi connectivity index (χ1v) is 10.0. The van der Waals surface area contributed by atoms with Gasteiger partial charge in [-0.2, -0.15) is 0 Å². The van der Waals surface area contributed by atoms with E-state index >= 15 is 0 Å². The molecule has 0 aliphatic heterocycles. The van der Waals surface area contributed by atoms with Crippen LogP contribution in [0, 0.1) is 13.8 Å². The molecular weight excluding hydrogens is 380 g/mol. The van der Waals surface area contributed by atoms with E-state index in [0.29, 0.717) is 31.1 Å². The number of carbonyl (C=O) groups is 1. The van der Waals surface area contributed by atoms with Crippen molar-refractivity contribution in [2.24, 2.45) is 0 Å². The van der Waals surface area contributed by atoms with Gasteiger partial charge < -0.3 is 19.3 Å². The van der Waals surface area contributed by atoms with Gasteiger partial charge in [-0.15, -0.1) is 0 Å². The number of benzene rings is 2. The molecule has 1 aromatic heterocycles. The van der Waals surface area contributed by atoms with Gasteiger partial charge in [0.05, 0.1) is 24.0 Å². The highest BCUT2D eigenvalue weighted by atomic mass is 16.5. The molecular formula is C24H28N2O4. The number of carbonyl (C=O) groups excluding carboxylic acids is 1. The Hall–Kier alpha value is -3.12. The van der Waals surface area contributed by atoms with Crippen molar-refractivity contribution in [3.8, 4) is 5.75 Å². The number of aromatic nitrogens is 1. The normalized spacial score (nSPS) is 11.0. The fraction of sp³-hybridized carbons (Fsp3) is 0.333. The van der Waals surface area contributed by atoms with Gasteiger partial charge in [0, 0.05) is 12.1 Å². The molecule has 0 aliphatic carbocycles. The number of aryl methyl sites for hydroxylation is 2. The van der Waals surface area contributed by atoms with Crippen molar-refractivity contribution < 1.29 is 18.8 Å². The number of ether oxygens (including phenoxy) is 2. The first-order valence-electron chi connectivity index (χ1n) is 10.0. The average molecular weight is 408 g/mol. The van der Waals surface area contributed by atoms with Crippen molar-refractivity contribution >= 4 is 5.91 Å². The quantitative estimate of drug-likeness (QED) is 0.554. The standard InChI is InChI=1S/C24H28N2O4/c1-16(2)28-14-21-8-6-5-7-20(21)13-25-24(27)19-9-11-22(12-10-19)29-15-23-17(3)26-30-18(23)4/h5-12,16H,13-15H2,1-4H3,(H,25,27). The number of nitrogens with one attached hydrogen (secondary N) is 1. The van der Waals surface area contributed by atoms with E-state index in [1.807, 2.05) is 52.0 Å². The van der Waals surface area contributed by atoms with Gasteiger partial charge >= 0.3 is 0 Å². The second kappa shape index (κ2) is 10.1. The van der Waals surface area contributed by atoms with Crippen molar-refractivity contribution in [2.45, 2.75) is 53.6 Å². The monoisotopic (exact) mass is 408 g/mol. The van der Waals surface area contributed by atoms with E-state index in [1.165, 1.54) is 0 Å². The molecule has 0 bridgehead atoms. The molecule has 158 valence electrons. The summed E-state index contributed by atoms with van der Waals surface area (Å²) in [6, 6.07) is 15.1. The molecule has 2 aromatic carbocycles. The summed E-state index contributed by atoms with van der Waals surface area (Å²) in [7, 11) is 0. The second-order valence-corrected chi connectivity index (χ2v) is 7.43. The zero-order chi connectivity index (χ0) is 21.5. The Bertz CT molecular complexity index is 958. The molecule has 30 heavy (non-hydrogen) atoms. The van der Waals surface area contributed by atoms with Crippen molar-refractivity contribution in [3.05, 3.63) is 82.2 Å². The molecule has 6 heteroatoms. The number of hydrogen-bond acceptors (Lipinski definition) is 5. The molecule has 0 saturated carbocycles. The van der Waals surface area contributed by atoms with Gasteiger partial charge in [-0.1, -0.05) is 29.4 Å². The van der Waals surface area contributed by atoms with E-state index in [-0.39, 0.29) is 12.0 Å². The minimum absolute atomic E-state index is 0.133. The van der Waals surface area contributed by atoms with Gasteiger partial charge in [0.15, 0.2) is 0 Å². The van der Waals surface area contributed by atoms with E-state index < -0.39 is 0 Å². The predicted octanol–water partition coefficient (Wildman–Crippen LogP) is 4.73. The first kappa shape index (κ1) is 21.6. The summed E-state index contributed by atoms with van der Waals surface area (Å²) >= 11 is 0.